The van der Waals surface area contributed by atoms with E-state index in [0.717, 1.165) is 12.3 Å². The standard InChI is InChI=1S/C12H24O/c1-4-10(5-2)9(3)11-7-6-8-12(11)13/h9-13H,4-8H2,1-3H3/t9?,11-,12-/m1/s1. The second-order valence-corrected chi connectivity index (χ2v) is 4.60. The highest BCUT2D eigenvalue weighted by atomic mass is 16.3. The molecule has 13 heavy (non-hydrogen) atoms. The van der Waals surface area contributed by atoms with Crippen LogP contribution in [0.15, 0.2) is 0 Å². The van der Waals surface area contributed by atoms with E-state index in [4.69, 9.17) is 0 Å². The summed E-state index contributed by atoms with van der Waals surface area (Å²) in [5, 5.41) is 9.80. The van der Waals surface area contributed by atoms with Gasteiger partial charge in [-0.25, -0.2) is 0 Å². The highest BCUT2D eigenvalue weighted by Crippen LogP contribution is 2.37. The average molecular weight is 184 g/mol. The number of aliphatic hydroxyl groups excluding tert-OH is 1. The van der Waals surface area contributed by atoms with Gasteiger partial charge in [-0.1, -0.05) is 40.0 Å². The van der Waals surface area contributed by atoms with Crippen molar-refractivity contribution in [1.82, 2.24) is 0 Å². The summed E-state index contributed by atoms with van der Waals surface area (Å²) in [4.78, 5) is 0. The summed E-state index contributed by atoms with van der Waals surface area (Å²) in [6.45, 7) is 6.87. The maximum Gasteiger partial charge on any atom is 0.0571 e. The SMILES string of the molecule is CCC(CC)C(C)[C@H]1CCC[C@H]1O. The largest absolute Gasteiger partial charge is 0.393 e. The molecule has 1 aliphatic carbocycles. The van der Waals surface area contributed by atoms with E-state index >= 15 is 0 Å². The molecular weight excluding hydrogens is 160 g/mol. The summed E-state index contributed by atoms with van der Waals surface area (Å²) in [5.74, 6) is 2.12. The number of rotatable bonds is 4. The third-order valence-electron chi connectivity index (χ3n) is 4.00. The minimum Gasteiger partial charge on any atom is -0.393 e. The Labute approximate surface area is 82.5 Å². The zero-order chi connectivity index (χ0) is 9.84. The van der Waals surface area contributed by atoms with E-state index in [9.17, 15) is 5.11 Å². The predicted octanol–water partition coefficient (Wildman–Crippen LogP) is 3.22. The zero-order valence-electron chi connectivity index (χ0n) is 9.29. The van der Waals surface area contributed by atoms with Crippen molar-refractivity contribution in [2.24, 2.45) is 17.8 Å². The van der Waals surface area contributed by atoms with Crippen molar-refractivity contribution >= 4 is 0 Å². The van der Waals surface area contributed by atoms with E-state index in [-0.39, 0.29) is 6.10 Å². The fourth-order valence-electron chi connectivity index (χ4n) is 2.96. The molecule has 78 valence electrons. The quantitative estimate of drug-likeness (QED) is 0.711. The van der Waals surface area contributed by atoms with Crippen molar-refractivity contribution in [3.8, 4) is 0 Å². The molecule has 1 N–H and O–H groups in total. The van der Waals surface area contributed by atoms with Gasteiger partial charge in [-0.2, -0.15) is 0 Å². The molecule has 1 aliphatic rings. The van der Waals surface area contributed by atoms with E-state index < -0.39 is 0 Å². The van der Waals surface area contributed by atoms with Crippen LogP contribution in [0.1, 0.15) is 52.9 Å². The Bertz CT molecular complexity index is 140. The Morgan fingerprint density at radius 3 is 2.23 bits per heavy atom. The van der Waals surface area contributed by atoms with Gasteiger partial charge in [0.05, 0.1) is 6.10 Å². The van der Waals surface area contributed by atoms with Gasteiger partial charge in [0.2, 0.25) is 0 Å². The Hall–Kier alpha value is -0.0400. The van der Waals surface area contributed by atoms with Gasteiger partial charge in [0.15, 0.2) is 0 Å². The molecule has 1 unspecified atom stereocenters. The van der Waals surface area contributed by atoms with Crippen LogP contribution in [0.2, 0.25) is 0 Å². The zero-order valence-corrected chi connectivity index (χ0v) is 9.29. The topological polar surface area (TPSA) is 20.2 Å². The first-order chi connectivity index (χ1) is 6.20. The lowest BCUT2D eigenvalue weighted by molar-refractivity contribution is 0.0794. The Morgan fingerprint density at radius 1 is 1.23 bits per heavy atom. The maximum atomic E-state index is 9.80. The minimum absolute atomic E-state index is 0.00407. The van der Waals surface area contributed by atoms with Crippen molar-refractivity contribution in [3.05, 3.63) is 0 Å². The third kappa shape index (κ3) is 2.46. The lowest BCUT2D eigenvalue weighted by Crippen LogP contribution is -2.26. The highest BCUT2D eigenvalue weighted by Gasteiger charge is 2.32. The van der Waals surface area contributed by atoms with Gasteiger partial charge in [0, 0.05) is 0 Å². The van der Waals surface area contributed by atoms with Crippen LogP contribution in [-0.2, 0) is 0 Å². The van der Waals surface area contributed by atoms with Crippen LogP contribution in [0.25, 0.3) is 0 Å². The second kappa shape index (κ2) is 4.99. The molecule has 0 aliphatic heterocycles. The van der Waals surface area contributed by atoms with Crippen LogP contribution in [-0.4, -0.2) is 11.2 Å². The molecule has 0 aromatic rings. The summed E-state index contributed by atoms with van der Waals surface area (Å²) >= 11 is 0. The van der Waals surface area contributed by atoms with Gasteiger partial charge in [0.1, 0.15) is 0 Å². The van der Waals surface area contributed by atoms with E-state index in [1.54, 1.807) is 0 Å². The van der Waals surface area contributed by atoms with Crippen molar-refractivity contribution < 1.29 is 5.11 Å². The monoisotopic (exact) mass is 184 g/mol. The van der Waals surface area contributed by atoms with Crippen LogP contribution < -0.4 is 0 Å². The maximum absolute atomic E-state index is 9.80. The van der Waals surface area contributed by atoms with Gasteiger partial charge in [-0.05, 0) is 30.6 Å². The molecule has 1 saturated carbocycles. The third-order valence-corrected chi connectivity index (χ3v) is 4.00. The van der Waals surface area contributed by atoms with Crippen molar-refractivity contribution in [2.45, 2.75) is 59.0 Å². The fraction of sp³-hybridized carbons (Fsp3) is 1.00. The van der Waals surface area contributed by atoms with Gasteiger partial charge in [-0.3, -0.25) is 0 Å². The summed E-state index contributed by atoms with van der Waals surface area (Å²) in [7, 11) is 0. The predicted molar refractivity (Wildman–Crippen MR) is 56.6 cm³/mol. The van der Waals surface area contributed by atoms with Crippen LogP contribution in [0.5, 0.6) is 0 Å². The molecule has 0 spiro atoms. The molecule has 1 fully saturated rings. The first-order valence-corrected chi connectivity index (χ1v) is 5.88. The van der Waals surface area contributed by atoms with E-state index in [1.807, 2.05) is 0 Å². The summed E-state index contributed by atoms with van der Waals surface area (Å²) in [6, 6.07) is 0. The molecule has 0 heterocycles. The Balaban J connectivity index is 2.49. The summed E-state index contributed by atoms with van der Waals surface area (Å²) in [6.07, 6.45) is 6.04. The molecule has 3 atom stereocenters. The van der Waals surface area contributed by atoms with Crippen LogP contribution >= 0.6 is 0 Å². The van der Waals surface area contributed by atoms with Crippen LogP contribution in [0, 0.1) is 17.8 Å². The Morgan fingerprint density at radius 2 is 1.85 bits per heavy atom. The molecule has 1 heteroatoms. The van der Waals surface area contributed by atoms with Crippen molar-refractivity contribution in [2.75, 3.05) is 0 Å². The summed E-state index contributed by atoms with van der Waals surface area (Å²) in [5.41, 5.74) is 0. The van der Waals surface area contributed by atoms with Gasteiger partial charge < -0.3 is 5.11 Å². The van der Waals surface area contributed by atoms with Crippen molar-refractivity contribution in [1.29, 1.82) is 0 Å². The molecule has 0 bridgehead atoms. The van der Waals surface area contributed by atoms with E-state index in [2.05, 4.69) is 20.8 Å². The molecule has 0 amide bonds. The number of aliphatic hydroxyl groups is 1. The fourth-order valence-corrected chi connectivity index (χ4v) is 2.96. The second-order valence-electron chi connectivity index (χ2n) is 4.60. The number of hydrogen-bond acceptors (Lipinski definition) is 1. The smallest absolute Gasteiger partial charge is 0.0571 e. The minimum atomic E-state index is -0.00407. The average Bonchev–Trinajstić information content (AvgIpc) is 2.53. The van der Waals surface area contributed by atoms with Crippen molar-refractivity contribution in [3.63, 3.8) is 0 Å². The summed E-state index contributed by atoms with van der Waals surface area (Å²) < 4.78 is 0. The molecule has 1 rings (SSSR count). The van der Waals surface area contributed by atoms with E-state index in [0.29, 0.717) is 11.8 Å². The van der Waals surface area contributed by atoms with Crippen LogP contribution in [0.4, 0.5) is 0 Å². The molecular formula is C12H24O. The normalized spacial score (nSPS) is 31.2. The highest BCUT2D eigenvalue weighted by molar-refractivity contribution is 4.83. The Kier molecular flexibility index (Phi) is 4.24. The first kappa shape index (κ1) is 11.0. The molecule has 0 aromatic heterocycles. The van der Waals surface area contributed by atoms with E-state index in [1.165, 1.54) is 25.7 Å². The van der Waals surface area contributed by atoms with Gasteiger partial charge >= 0.3 is 0 Å². The van der Waals surface area contributed by atoms with Gasteiger partial charge in [-0.15, -0.1) is 0 Å². The molecule has 1 nitrogen and oxygen atoms in total. The molecule has 0 radical (unpaired) electrons. The molecule has 0 aromatic carbocycles. The number of hydrogen-bond donors (Lipinski definition) is 1. The lowest BCUT2D eigenvalue weighted by atomic mass is 9.78. The van der Waals surface area contributed by atoms with Gasteiger partial charge in [0.25, 0.3) is 0 Å². The lowest BCUT2D eigenvalue weighted by Gasteiger charge is -2.29. The molecule has 0 saturated heterocycles. The van der Waals surface area contributed by atoms with Crippen LogP contribution in [0.3, 0.4) is 0 Å². The first-order valence-electron chi connectivity index (χ1n) is 5.88.